The molecule has 1 fully saturated rings. The van der Waals surface area contributed by atoms with Crippen molar-refractivity contribution >= 4 is 5.91 Å². The lowest BCUT2D eigenvalue weighted by Crippen LogP contribution is -2.47. The molecule has 1 aliphatic heterocycles. The zero-order valence-corrected chi connectivity index (χ0v) is 13.2. The Morgan fingerprint density at radius 1 is 1.36 bits per heavy atom. The molecule has 1 saturated heterocycles. The first-order valence-electron chi connectivity index (χ1n) is 8.19. The zero-order chi connectivity index (χ0) is 15.4. The van der Waals surface area contributed by atoms with Crippen molar-refractivity contribution in [2.75, 3.05) is 33.4 Å². The molecule has 0 aromatic carbocycles. The number of methoxy groups -OCH3 is 1. The Balaban J connectivity index is 1.65. The topological polar surface area (TPSA) is 76.4 Å². The minimum absolute atomic E-state index is 0.0272. The third-order valence-electron chi connectivity index (χ3n) is 4.90. The maximum Gasteiger partial charge on any atom is 0.273 e. The summed E-state index contributed by atoms with van der Waals surface area (Å²) in [5.41, 5.74) is 1.52. The van der Waals surface area contributed by atoms with Crippen molar-refractivity contribution in [3.8, 4) is 0 Å². The van der Waals surface area contributed by atoms with E-state index in [9.17, 15) is 4.79 Å². The van der Waals surface area contributed by atoms with E-state index in [1.54, 1.807) is 7.11 Å². The van der Waals surface area contributed by atoms with Gasteiger partial charge in [-0.05, 0) is 45.2 Å². The molecule has 1 aromatic heterocycles. The molecular formula is C16H25N3O3. The van der Waals surface area contributed by atoms with Crippen molar-refractivity contribution in [1.82, 2.24) is 15.8 Å². The van der Waals surface area contributed by atoms with Crippen LogP contribution in [0.3, 0.4) is 0 Å². The van der Waals surface area contributed by atoms with Crippen molar-refractivity contribution in [2.45, 2.75) is 38.5 Å². The summed E-state index contributed by atoms with van der Waals surface area (Å²) in [6.45, 7) is 3.24. The zero-order valence-electron chi connectivity index (χ0n) is 13.2. The predicted molar refractivity (Wildman–Crippen MR) is 81.9 cm³/mol. The highest BCUT2D eigenvalue weighted by atomic mass is 16.5. The van der Waals surface area contributed by atoms with Gasteiger partial charge in [-0.3, -0.25) is 4.79 Å². The quantitative estimate of drug-likeness (QED) is 0.857. The van der Waals surface area contributed by atoms with E-state index in [2.05, 4.69) is 15.8 Å². The van der Waals surface area contributed by atoms with Crippen molar-refractivity contribution in [3.05, 3.63) is 17.0 Å². The van der Waals surface area contributed by atoms with Crippen LogP contribution >= 0.6 is 0 Å². The van der Waals surface area contributed by atoms with Gasteiger partial charge in [0.1, 0.15) is 5.76 Å². The molecule has 1 aliphatic carbocycles. The Hall–Kier alpha value is -1.40. The van der Waals surface area contributed by atoms with Crippen LogP contribution in [0.2, 0.25) is 0 Å². The number of nitrogens with zero attached hydrogens (tertiary/aromatic N) is 1. The van der Waals surface area contributed by atoms with Crippen molar-refractivity contribution in [2.24, 2.45) is 5.41 Å². The third kappa shape index (κ3) is 3.17. The molecule has 2 heterocycles. The van der Waals surface area contributed by atoms with Gasteiger partial charge in [-0.2, -0.15) is 0 Å². The van der Waals surface area contributed by atoms with Gasteiger partial charge in [0.25, 0.3) is 5.91 Å². The number of hydrogen-bond acceptors (Lipinski definition) is 5. The summed E-state index contributed by atoms with van der Waals surface area (Å²) in [4.78, 5) is 12.5. The van der Waals surface area contributed by atoms with Crippen LogP contribution in [0.1, 0.15) is 47.5 Å². The summed E-state index contributed by atoms with van der Waals surface area (Å²) in [7, 11) is 1.72. The van der Waals surface area contributed by atoms with Crippen LogP contribution in [0, 0.1) is 5.41 Å². The molecule has 122 valence electrons. The van der Waals surface area contributed by atoms with Gasteiger partial charge in [-0.1, -0.05) is 5.16 Å². The Morgan fingerprint density at radius 2 is 2.14 bits per heavy atom. The molecule has 0 unspecified atom stereocenters. The predicted octanol–water partition coefficient (Wildman–Crippen LogP) is 1.30. The average molecular weight is 307 g/mol. The van der Waals surface area contributed by atoms with E-state index in [1.165, 1.54) is 0 Å². The fourth-order valence-corrected chi connectivity index (χ4v) is 3.55. The summed E-state index contributed by atoms with van der Waals surface area (Å²) >= 11 is 0. The molecule has 0 saturated carbocycles. The molecule has 0 radical (unpaired) electrons. The van der Waals surface area contributed by atoms with Crippen LogP contribution in [-0.4, -0.2) is 44.4 Å². The van der Waals surface area contributed by atoms with E-state index in [0.29, 0.717) is 18.8 Å². The number of aryl methyl sites for hydroxylation is 1. The van der Waals surface area contributed by atoms with Crippen LogP contribution in [-0.2, 0) is 17.6 Å². The second-order valence-electron chi connectivity index (χ2n) is 6.51. The minimum Gasteiger partial charge on any atom is -0.384 e. The van der Waals surface area contributed by atoms with Crippen LogP contribution in [0.25, 0.3) is 0 Å². The highest BCUT2D eigenvalue weighted by Gasteiger charge is 2.33. The number of ether oxygens (including phenoxy) is 1. The first-order valence-corrected chi connectivity index (χ1v) is 8.19. The maximum absolute atomic E-state index is 12.5. The third-order valence-corrected chi connectivity index (χ3v) is 4.90. The van der Waals surface area contributed by atoms with Gasteiger partial charge >= 0.3 is 0 Å². The van der Waals surface area contributed by atoms with E-state index in [4.69, 9.17) is 9.26 Å². The molecule has 1 amide bonds. The highest BCUT2D eigenvalue weighted by molar-refractivity contribution is 5.93. The van der Waals surface area contributed by atoms with Crippen LogP contribution in [0.5, 0.6) is 0 Å². The first kappa shape index (κ1) is 15.5. The van der Waals surface area contributed by atoms with Gasteiger partial charge < -0.3 is 19.9 Å². The van der Waals surface area contributed by atoms with Gasteiger partial charge in [0.2, 0.25) is 0 Å². The molecule has 6 heteroatoms. The molecule has 2 N–H and O–H groups in total. The number of hydrogen-bond donors (Lipinski definition) is 2. The number of carbonyl (C=O) groups is 1. The number of piperidine rings is 1. The number of carbonyl (C=O) groups excluding carboxylic acids is 1. The summed E-state index contributed by atoms with van der Waals surface area (Å²) in [6, 6.07) is 0. The summed E-state index contributed by atoms with van der Waals surface area (Å²) < 4.78 is 10.7. The van der Waals surface area contributed by atoms with Crippen LogP contribution < -0.4 is 10.6 Å². The first-order chi connectivity index (χ1) is 10.7. The summed E-state index contributed by atoms with van der Waals surface area (Å²) in [6.07, 6.45) is 6.04. The average Bonchev–Trinajstić information content (AvgIpc) is 2.98. The van der Waals surface area contributed by atoms with E-state index in [0.717, 1.165) is 62.9 Å². The minimum atomic E-state index is -0.110. The van der Waals surface area contributed by atoms with Crippen LogP contribution in [0.4, 0.5) is 0 Å². The van der Waals surface area contributed by atoms with Crippen LogP contribution in [0.15, 0.2) is 4.52 Å². The molecule has 0 bridgehead atoms. The smallest absolute Gasteiger partial charge is 0.273 e. The molecule has 1 aromatic rings. The number of fused-ring (bicyclic) bond motifs is 1. The largest absolute Gasteiger partial charge is 0.384 e. The molecule has 0 spiro atoms. The normalized spacial score (nSPS) is 20.4. The van der Waals surface area contributed by atoms with Crippen molar-refractivity contribution < 1.29 is 14.1 Å². The lowest BCUT2D eigenvalue weighted by molar-refractivity contribution is 0.0510. The van der Waals surface area contributed by atoms with Gasteiger partial charge in [0.05, 0.1) is 6.61 Å². The molecular weight excluding hydrogens is 282 g/mol. The Morgan fingerprint density at radius 3 is 2.91 bits per heavy atom. The van der Waals surface area contributed by atoms with Gasteiger partial charge in [0.15, 0.2) is 5.69 Å². The highest BCUT2D eigenvalue weighted by Crippen LogP contribution is 2.29. The van der Waals surface area contributed by atoms with E-state index >= 15 is 0 Å². The standard InChI is InChI=1S/C16H25N3O3/c1-21-11-16(6-8-17-9-7-16)10-18-15(20)14-12-4-2-3-5-13(12)22-19-14/h17H,2-11H2,1H3,(H,18,20). The second-order valence-corrected chi connectivity index (χ2v) is 6.51. The van der Waals surface area contributed by atoms with Gasteiger partial charge in [-0.25, -0.2) is 0 Å². The van der Waals surface area contributed by atoms with Crippen molar-refractivity contribution in [1.29, 1.82) is 0 Å². The molecule has 0 atom stereocenters. The fraction of sp³-hybridized carbons (Fsp3) is 0.750. The number of amides is 1. The number of aromatic nitrogens is 1. The Bertz CT molecular complexity index is 515. The molecule has 2 aliphatic rings. The monoisotopic (exact) mass is 307 g/mol. The van der Waals surface area contributed by atoms with E-state index < -0.39 is 0 Å². The van der Waals surface area contributed by atoms with Crippen molar-refractivity contribution in [3.63, 3.8) is 0 Å². The second kappa shape index (κ2) is 6.79. The van der Waals surface area contributed by atoms with E-state index in [-0.39, 0.29) is 11.3 Å². The molecule has 3 rings (SSSR count). The molecule has 6 nitrogen and oxygen atoms in total. The fourth-order valence-electron chi connectivity index (χ4n) is 3.55. The maximum atomic E-state index is 12.5. The lowest BCUT2D eigenvalue weighted by atomic mass is 9.79. The summed E-state index contributed by atoms with van der Waals surface area (Å²) in [5.74, 6) is 0.783. The Labute approximate surface area is 131 Å². The lowest BCUT2D eigenvalue weighted by Gasteiger charge is -2.37. The SMILES string of the molecule is COCC1(CNC(=O)c2noc3c2CCCC3)CCNCC1. The van der Waals surface area contributed by atoms with Gasteiger partial charge in [-0.15, -0.1) is 0 Å². The van der Waals surface area contributed by atoms with E-state index in [1.807, 2.05) is 0 Å². The van der Waals surface area contributed by atoms with Gasteiger partial charge in [0, 0.05) is 31.1 Å². The molecule has 22 heavy (non-hydrogen) atoms. The number of nitrogens with one attached hydrogen (secondary N) is 2. The number of rotatable bonds is 5. The summed E-state index contributed by atoms with van der Waals surface area (Å²) in [5, 5.41) is 10.4. The Kier molecular flexibility index (Phi) is 4.78.